The van der Waals surface area contributed by atoms with Crippen LogP contribution in [0.1, 0.15) is 39.0 Å². The Bertz CT molecular complexity index is 306. The van der Waals surface area contributed by atoms with Crippen LogP contribution in [0.15, 0.2) is 0 Å². The van der Waals surface area contributed by atoms with Gasteiger partial charge in [-0.05, 0) is 50.7 Å². The maximum atomic E-state index is 12.1. The quantitative estimate of drug-likeness (QED) is 0.816. The molecule has 0 spiro atoms. The number of hydrogen-bond acceptors (Lipinski definition) is 4. The summed E-state index contributed by atoms with van der Waals surface area (Å²) in [5, 5.41) is 13.2. The number of nitrogens with one attached hydrogen (secondary N) is 1. The molecule has 2 aliphatic heterocycles. The first-order valence-corrected chi connectivity index (χ1v) is 8.60. The molecule has 2 fully saturated rings. The molecule has 0 saturated carbocycles. The largest absolute Gasteiger partial charge is 0.380 e. The molecule has 0 aromatic carbocycles. The Kier molecular flexibility index (Phi) is 5.54. The topological polar surface area (TPSA) is 52.6 Å². The molecule has 4 nitrogen and oxygen atoms in total. The van der Waals surface area contributed by atoms with E-state index in [-0.39, 0.29) is 5.91 Å². The van der Waals surface area contributed by atoms with Crippen molar-refractivity contribution in [2.24, 2.45) is 0 Å². The summed E-state index contributed by atoms with van der Waals surface area (Å²) in [7, 11) is 0. The average molecular weight is 286 g/mol. The van der Waals surface area contributed by atoms with Crippen molar-refractivity contribution in [2.75, 3.05) is 31.1 Å². The van der Waals surface area contributed by atoms with Crippen LogP contribution >= 0.6 is 11.8 Å². The van der Waals surface area contributed by atoms with Crippen molar-refractivity contribution in [1.82, 2.24) is 10.2 Å². The number of likely N-dealkylation sites (tertiary alicyclic amines) is 1. The van der Waals surface area contributed by atoms with Crippen molar-refractivity contribution in [3.8, 4) is 0 Å². The van der Waals surface area contributed by atoms with E-state index in [2.05, 4.69) is 17.1 Å². The number of nitrogens with zero attached hydrogens (tertiary/aromatic N) is 1. The fourth-order valence-corrected chi connectivity index (χ4v) is 4.07. The summed E-state index contributed by atoms with van der Waals surface area (Å²) in [4.78, 5) is 14.5. The second-order valence-corrected chi connectivity index (χ2v) is 7.01. The number of amides is 1. The summed E-state index contributed by atoms with van der Waals surface area (Å²) in [5.41, 5.74) is -1.11. The van der Waals surface area contributed by atoms with E-state index >= 15 is 0 Å². The van der Waals surface area contributed by atoms with Gasteiger partial charge in [0.25, 0.3) is 5.91 Å². The highest BCUT2D eigenvalue weighted by Crippen LogP contribution is 2.26. The second-order valence-electron chi connectivity index (χ2n) is 5.78. The van der Waals surface area contributed by atoms with Gasteiger partial charge in [0.05, 0.1) is 0 Å². The Balaban J connectivity index is 1.71. The normalized spacial score (nSPS) is 28.0. The molecule has 2 rings (SSSR count). The predicted molar refractivity (Wildman–Crippen MR) is 79.4 cm³/mol. The lowest BCUT2D eigenvalue weighted by atomic mass is 9.96. The summed E-state index contributed by atoms with van der Waals surface area (Å²) in [6.07, 6.45) is 5.02. The molecule has 110 valence electrons. The average Bonchev–Trinajstić information content (AvgIpc) is 2.41. The van der Waals surface area contributed by atoms with Crippen LogP contribution in [0.5, 0.6) is 0 Å². The van der Waals surface area contributed by atoms with Crippen molar-refractivity contribution >= 4 is 17.7 Å². The van der Waals surface area contributed by atoms with E-state index in [9.17, 15) is 9.90 Å². The molecule has 0 bridgehead atoms. The van der Waals surface area contributed by atoms with Crippen molar-refractivity contribution < 1.29 is 9.90 Å². The molecule has 0 radical (unpaired) electrons. The first-order chi connectivity index (χ1) is 9.12. The van der Waals surface area contributed by atoms with Crippen LogP contribution in [0.3, 0.4) is 0 Å². The fraction of sp³-hybridized carbons (Fsp3) is 0.929. The Morgan fingerprint density at radius 2 is 2.16 bits per heavy atom. The van der Waals surface area contributed by atoms with Gasteiger partial charge in [0.1, 0.15) is 5.60 Å². The summed E-state index contributed by atoms with van der Waals surface area (Å²) in [6.45, 7) is 4.95. The van der Waals surface area contributed by atoms with Gasteiger partial charge in [0.15, 0.2) is 0 Å². The minimum atomic E-state index is -1.11. The van der Waals surface area contributed by atoms with Gasteiger partial charge >= 0.3 is 0 Å². The van der Waals surface area contributed by atoms with Gasteiger partial charge in [-0.2, -0.15) is 11.8 Å². The second kappa shape index (κ2) is 6.95. The Morgan fingerprint density at radius 3 is 2.84 bits per heavy atom. The molecular weight excluding hydrogens is 260 g/mol. The first-order valence-electron chi connectivity index (χ1n) is 7.44. The predicted octanol–water partition coefficient (Wildman–Crippen LogP) is 1.24. The highest BCUT2D eigenvalue weighted by molar-refractivity contribution is 7.99. The lowest BCUT2D eigenvalue weighted by Crippen LogP contribution is -2.51. The van der Waals surface area contributed by atoms with Gasteiger partial charge in [0.2, 0.25) is 0 Å². The zero-order chi connectivity index (χ0) is 13.7. The van der Waals surface area contributed by atoms with Crippen LogP contribution in [-0.4, -0.2) is 58.7 Å². The maximum Gasteiger partial charge on any atom is 0.252 e. The van der Waals surface area contributed by atoms with Gasteiger partial charge in [-0.15, -0.1) is 0 Å². The van der Waals surface area contributed by atoms with Gasteiger partial charge in [-0.1, -0.05) is 6.42 Å². The Hall–Kier alpha value is -0.260. The molecule has 1 atom stereocenters. The van der Waals surface area contributed by atoms with Crippen LogP contribution in [0.2, 0.25) is 0 Å². The molecule has 0 aliphatic carbocycles. The number of carbonyl (C=O) groups excluding carboxylic acids is 1. The summed E-state index contributed by atoms with van der Waals surface area (Å²) in [5.74, 6) is 1.60. The third kappa shape index (κ3) is 4.10. The monoisotopic (exact) mass is 286 g/mol. The third-order valence-corrected chi connectivity index (χ3v) is 5.35. The minimum absolute atomic E-state index is 0.169. The van der Waals surface area contributed by atoms with E-state index in [1.807, 2.05) is 11.8 Å². The molecule has 2 heterocycles. The van der Waals surface area contributed by atoms with Crippen molar-refractivity contribution in [2.45, 2.75) is 50.7 Å². The molecular formula is C14H26N2O2S. The van der Waals surface area contributed by atoms with E-state index in [1.54, 1.807) is 0 Å². The lowest BCUT2D eigenvalue weighted by molar-refractivity contribution is -0.140. The number of hydrogen-bond donors (Lipinski definition) is 2. The zero-order valence-corrected chi connectivity index (χ0v) is 12.7. The third-order valence-electron chi connectivity index (χ3n) is 4.37. The van der Waals surface area contributed by atoms with Crippen LogP contribution in [0.4, 0.5) is 0 Å². The molecule has 0 aromatic heterocycles. The Morgan fingerprint density at radius 1 is 1.42 bits per heavy atom. The van der Waals surface area contributed by atoms with Gasteiger partial charge in [-0.25, -0.2) is 0 Å². The van der Waals surface area contributed by atoms with Crippen molar-refractivity contribution in [3.05, 3.63) is 0 Å². The van der Waals surface area contributed by atoms with E-state index in [0.717, 1.165) is 24.6 Å². The molecule has 1 amide bonds. The maximum absolute atomic E-state index is 12.1. The standard InChI is InChI=1S/C14H26N2O2S/c1-12-4-2-3-8-16(12)9-7-15-13(17)14(18)5-10-19-11-6-14/h12,18H,2-11H2,1H3,(H,15,17). The van der Waals surface area contributed by atoms with Gasteiger partial charge in [-0.3, -0.25) is 9.69 Å². The minimum Gasteiger partial charge on any atom is -0.380 e. The number of piperidine rings is 1. The number of carbonyl (C=O) groups is 1. The molecule has 5 heteroatoms. The molecule has 0 aromatic rings. The molecule has 1 unspecified atom stereocenters. The zero-order valence-electron chi connectivity index (χ0n) is 11.9. The smallest absolute Gasteiger partial charge is 0.252 e. The van der Waals surface area contributed by atoms with Crippen molar-refractivity contribution in [3.63, 3.8) is 0 Å². The molecule has 2 saturated heterocycles. The fourth-order valence-electron chi connectivity index (χ4n) is 2.90. The van der Waals surface area contributed by atoms with E-state index < -0.39 is 5.60 Å². The highest BCUT2D eigenvalue weighted by Gasteiger charge is 2.37. The van der Waals surface area contributed by atoms with Crippen molar-refractivity contribution in [1.29, 1.82) is 0 Å². The highest BCUT2D eigenvalue weighted by atomic mass is 32.2. The number of thioether (sulfide) groups is 1. The van der Waals surface area contributed by atoms with Crippen LogP contribution in [0.25, 0.3) is 0 Å². The van der Waals surface area contributed by atoms with E-state index in [1.165, 1.54) is 19.3 Å². The van der Waals surface area contributed by atoms with Crippen LogP contribution in [-0.2, 0) is 4.79 Å². The van der Waals surface area contributed by atoms with Gasteiger partial charge < -0.3 is 10.4 Å². The van der Waals surface area contributed by atoms with Crippen LogP contribution < -0.4 is 5.32 Å². The number of aliphatic hydroxyl groups is 1. The van der Waals surface area contributed by atoms with E-state index in [0.29, 0.717) is 25.4 Å². The Labute approximate surface area is 120 Å². The summed E-state index contributed by atoms with van der Waals surface area (Å²) in [6, 6.07) is 0.625. The number of rotatable bonds is 4. The molecule has 2 N–H and O–H groups in total. The summed E-state index contributed by atoms with van der Waals surface area (Å²) >= 11 is 1.81. The van der Waals surface area contributed by atoms with Crippen LogP contribution in [0, 0.1) is 0 Å². The SMILES string of the molecule is CC1CCCCN1CCNC(=O)C1(O)CCSCC1. The summed E-state index contributed by atoms with van der Waals surface area (Å²) < 4.78 is 0. The first kappa shape index (κ1) is 15.1. The molecule has 2 aliphatic rings. The van der Waals surface area contributed by atoms with E-state index in [4.69, 9.17) is 0 Å². The van der Waals surface area contributed by atoms with Gasteiger partial charge in [0, 0.05) is 19.1 Å². The lowest BCUT2D eigenvalue weighted by Gasteiger charge is -2.34. The molecule has 19 heavy (non-hydrogen) atoms.